The van der Waals surface area contributed by atoms with E-state index in [-0.39, 0.29) is 5.82 Å². The highest BCUT2D eigenvalue weighted by Gasteiger charge is 2.08. The first-order valence-electron chi connectivity index (χ1n) is 5.92. The topological polar surface area (TPSA) is 63.9 Å². The molecule has 1 aromatic heterocycles. The first-order chi connectivity index (χ1) is 9.65. The quantitative estimate of drug-likeness (QED) is 0.725. The van der Waals surface area contributed by atoms with E-state index in [9.17, 15) is 4.39 Å². The Kier molecular flexibility index (Phi) is 3.23. The second-order valence-corrected chi connectivity index (χ2v) is 5.24. The first-order valence-corrected chi connectivity index (χ1v) is 6.74. The molecule has 0 aliphatic rings. The summed E-state index contributed by atoms with van der Waals surface area (Å²) in [6.07, 6.45) is 0. The number of nitrogens with zero attached hydrogens (tertiary/aromatic N) is 1. The predicted molar refractivity (Wildman–Crippen MR) is 77.6 cm³/mol. The van der Waals surface area contributed by atoms with Crippen LogP contribution in [0.4, 0.5) is 10.1 Å². The first kappa shape index (κ1) is 12.8. The smallest absolute Gasteiger partial charge is 0.171 e. The Bertz CT molecular complexity index is 772. The lowest BCUT2D eigenvalue weighted by Crippen LogP contribution is -1.89. The fourth-order valence-electron chi connectivity index (χ4n) is 1.86. The Hall–Kier alpha value is -2.21. The molecule has 2 aromatic carbocycles. The van der Waals surface area contributed by atoms with Gasteiger partial charge >= 0.3 is 0 Å². The van der Waals surface area contributed by atoms with Gasteiger partial charge in [0.2, 0.25) is 0 Å². The maximum atomic E-state index is 13.0. The summed E-state index contributed by atoms with van der Waals surface area (Å²) in [5.74, 6) is 0.417. The number of halogens is 1. The van der Waals surface area contributed by atoms with Gasteiger partial charge in [-0.1, -0.05) is 0 Å². The molecule has 20 heavy (non-hydrogen) atoms. The largest absolute Gasteiger partial charge is 0.497 e. The lowest BCUT2D eigenvalue weighted by molar-refractivity contribution is 0.415. The number of hydrogen-bond donors (Lipinski definition) is 2. The minimum atomic E-state index is -0.346. The van der Waals surface area contributed by atoms with Crippen LogP contribution in [0.15, 0.2) is 46.5 Å². The third-order valence-corrected chi connectivity index (χ3v) is 3.82. The number of nitrogens with one attached hydrogen (secondary N) is 1. The molecule has 0 unspecified atom stereocenters. The van der Waals surface area contributed by atoms with E-state index in [1.165, 1.54) is 23.9 Å². The standard InChI is InChI=1S/C14H12FN3OS/c1-19-9-3-4-11-12(7-9)18-14(17-11)20-13-5-2-8(15)6-10(13)16/h2-7H,16H2,1H3,(H,17,18). The SMILES string of the molecule is COc1ccc2nc(Sc3ccc(F)cc3N)[nH]c2c1. The highest BCUT2D eigenvalue weighted by molar-refractivity contribution is 7.99. The number of H-pyrrole nitrogens is 1. The van der Waals surface area contributed by atoms with Crippen molar-refractivity contribution in [3.8, 4) is 5.75 Å². The van der Waals surface area contributed by atoms with Crippen LogP contribution in [-0.4, -0.2) is 17.1 Å². The summed E-state index contributed by atoms with van der Waals surface area (Å²) in [5.41, 5.74) is 7.91. The molecular weight excluding hydrogens is 277 g/mol. The zero-order chi connectivity index (χ0) is 14.1. The molecule has 102 valence electrons. The molecule has 0 bridgehead atoms. The van der Waals surface area contributed by atoms with Crippen molar-refractivity contribution in [3.63, 3.8) is 0 Å². The number of ether oxygens (including phenoxy) is 1. The van der Waals surface area contributed by atoms with Gasteiger partial charge in [0, 0.05) is 16.6 Å². The molecule has 0 aliphatic carbocycles. The van der Waals surface area contributed by atoms with Crippen molar-refractivity contribution in [2.24, 2.45) is 0 Å². The van der Waals surface area contributed by atoms with Crippen LogP contribution in [0.2, 0.25) is 0 Å². The third kappa shape index (κ3) is 2.42. The zero-order valence-electron chi connectivity index (χ0n) is 10.7. The highest BCUT2D eigenvalue weighted by atomic mass is 32.2. The molecule has 0 saturated carbocycles. The number of hydrogen-bond acceptors (Lipinski definition) is 4. The van der Waals surface area contributed by atoms with Crippen molar-refractivity contribution >= 4 is 28.5 Å². The number of anilines is 1. The summed E-state index contributed by atoms with van der Waals surface area (Å²) in [5, 5.41) is 0.701. The molecule has 3 aromatic rings. The number of nitrogens with two attached hydrogens (primary N) is 1. The van der Waals surface area contributed by atoms with Gasteiger partial charge < -0.3 is 15.5 Å². The van der Waals surface area contributed by atoms with Gasteiger partial charge in [-0.3, -0.25) is 0 Å². The normalized spacial score (nSPS) is 10.9. The number of nitrogen functional groups attached to an aromatic ring is 1. The van der Waals surface area contributed by atoms with Crippen LogP contribution >= 0.6 is 11.8 Å². The number of aromatic amines is 1. The molecule has 3 N–H and O–H groups in total. The molecule has 1 heterocycles. The van der Waals surface area contributed by atoms with E-state index < -0.39 is 0 Å². The molecule has 0 radical (unpaired) electrons. The van der Waals surface area contributed by atoms with Crippen LogP contribution in [0.25, 0.3) is 11.0 Å². The van der Waals surface area contributed by atoms with Crippen molar-refractivity contribution in [1.82, 2.24) is 9.97 Å². The number of benzene rings is 2. The van der Waals surface area contributed by atoms with E-state index in [0.717, 1.165) is 21.7 Å². The Labute approximate surface area is 119 Å². The van der Waals surface area contributed by atoms with Gasteiger partial charge in [0.25, 0.3) is 0 Å². The number of methoxy groups -OCH3 is 1. The molecular formula is C14H12FN3OS. The average Bonchev–Trinajstić information content (AvgIpc) is 2.83. The maximum absolute atomic E-state index is 13.0. The van der Waals surface area contributed by atoms with Gasteiger partial charge in [-0.05, 0) is 42.1 Å². The van der Waals surface area contributed by atoms with Gasteiger partial charge in [0.1, 0.15) is 11.6 Å². The van der Waals surface area contributed by atoms with E-state index in [2.05, 4.69) is 9.97 Å². The summed E-state index contributed by atoms with van der Waals surface area (Å²) in [4.78, 5) is 8.39. The Morgan fingerprint density at radius 3 is 2.85 bits per heavy atom. The monoisotopic (exact) mass is 289 g/mol. The van der Waals surface area contributed by atoms with Crippen molar-refractivity contribution in [2.45, 2.75) is 10.1 Å². The predicted octanol–water partition coefficient (Wildman–Crippen LogP) is 3.44. The molecule has 0 amide bonds. The summed E-state index contributed by atoms with van der Waals surface area (Å²) < 4.78 is 18.2. The van der Waals surface area contributed by atoms with Crippen LogP contribution < -0.4 is 10.5 Å². The van der Waals surface area contributed by atoms with Crippen LogP contribution in [0.1, 0.15) is 0 Å². The molecule has 6 heteroatoms. The molecule has 0 fully saturated rings. The van der Waals surface area contributed by atoms with E-state index in [4.69, 9.17) is 10.5 Å². The second-order valence-electron chi connectivity index (χ2n) is 4.21. The highest BCUT2D eigenvalue weighted by Crippen LogP contribution is 2.32. The zero-order valence-corrected chi connectivity index (χ0v) is 11.5. The fraction of sp³-hybridized carbons (Fsp3) is 0.0714. The summed E-state index contributed by atoms with van der Waals surface area (Å²) in [6, 6.07) is 9.93. The molecule has 0 aliphatic heterocycles. The molecule has 0 atom stereocenters. The lowest BCUT2D eigenvalue weighted by atomic mass is 10.3. The summed E-state index contributed by atoms with van der Waals surface area (Å²) >= 11 is 1.36. The number of imidazole rings is 1. The van der Waals surface area contributed by atoms with Crippen molar-refractivity contribution in [3.05, 3.63) is 42.2 Å². The fourth-order valence-corrected chi connectivity index (χ4v) is 2.68. The minimum absolute atomic E-state index is 0.346. The van der Waals surface area contributed by atoms with Crippen LogP contribution in [0.5, 0.6) is 5.75 Å². The van der Waals surface area contributed by atoms with Crippen molar-refractivity contribution in [2.75, 3.05) is 12.8 Å². The van der Waals surface area contributed by atoms with Crippen molar-refractivity contribution in [1.29, 1.82) is 0 Å². The van der Waals surface area contributed by atoms with E-state index in [1.54, 1.807) is 13.2 Å². The van der Waals surface area contributed by atoms with Crippen LogP contribution in [0, 0.1) is 5.82 Å². The Balaban J connectivity index is 1.94. The number of rotatable bonds is 3. The Morgan fingerprint density at radius 2 is 2.10 bits per heavy atom. The lowest BCUT2D eigenvalue weighted by Gasteiger charge is -2.02. The summed E-state index contributed by atoms with van der Waals surface area (Å²) in [6.45, 7) is 0. The minimum Gasteiger partial charge on any atom is -0.497 e. The summed E-state index contributed by atoms with van der Waals surface area (Å²) in [7, 11) is 1.62. The number of fused-ring (bicyclic) bond motifs is 1. The van der Waals surface area contributed by atoms with Crippen LogP contribution in [0.3, 0.4) is 0 Å². The molecule has 0 spiro atoms. The molecule has 3 rings (SSSR count). The van der Waals surface area contributed by atoms with E-state index in [0.29, 0.717) is 10.8 Å². The number of aromatic nitrogens is 2. The van der Waals surface area contributed by atoms with E-state index in [1.807, 2.05) is 18.2 Å². The van der Waals surface area contributed by atoms with Gasteiger partial charge in [-0.25, -0.2) is 9.37 Å². The van der Waals surface area contributed by atoms with Gasteiger partial charge in [-0.2, -0.15) is 0 Å². The maximum Gasteiger partial charge on any atom is 0.171 e. The molecule has 0 saturated heterocycles. The Morgan fingerprint density at radius 1 is 1.25 bits per heavy atom. The van der Waals surface area contributed by atoms with Gasteiger partial charge in [0.15, 0.2) is 5.16 Å². The van der Waals surface area contributed by atoms with E-state index >= 15 is 0 Å². The average molecular weight is 289 g/mol. The van der Waals surface area contributed by atoms with Gasteiger partial charge in [0.05, 0.1) is 18.1 Å². The van der Waals surface area contributed by atoms with Crippen LogP contribution in [-0.2, 0) is 0 Å². The van der Waals surface area contributed by atoms with Crippen molar-refractivity contribution < 1.29 is 9.13 Å². The third-order valence-electron chi connectivity index (χ3n) is 2.85. The molecule has 4 nitrogen and oxygen atoms in total. The second kappa shape index (κ2) is 5.05. The van der Waals surface area contributed by atoms with Gasteiger partial charge in [-0.15, -0.1) is 0 Å².